The van der Waals surface area contributed by atoms with Gasteiger partial charge in [-0.25, -0.2) is 4.79 Å². The maximum absolute atomic E-state index is 12.7. The molecule has 1 aromatic carbocycles. The Morgan fingerprint density at radius 3 is 2.78 bits per heavy atom. The number of ether oxygens (including phenoxy) is 2. The number of para-hydroxylation sites is 1. The molecule has 1 aromatic heterocycles. The number of nitrogens with one attached hydrogen (secondary N) is 1. The summed E-state index contributed by atoms with van der Waals surface area (Å²) in [7, 11) is 1.59. The number of likely N-dealkylation sites (tertiary alicyclic amines) is 1. The fraction of sp³-hybridized carbons (Fsp3) is 0.316. The van der Waals surface area contributed by atoms with Crippen LogP contribution in [0.3, 0.4) is 0 Å². The summed E-state index contributed by atoms with van der Waals surface area (Å²) in [5.41, 5.74) is 1.02. The number of methoxy groups -OCH3 is 1. The predicted molar refractivity (Wildman–Crippen MR) is 95.6 cm³/mol. The quantitative estimate of drug-likeness (QED) is 0.875. The molecule has 2 atom stereocenters. The van der Waals surface area contributed by atoms with Crippen molar-refractivity contribution in [2.24, 2.45) is 0 Å². The summed E-state index contributed by atoms with van der Waals surface area (Å²) in [6.07, 6.45) is 0.656. The summed E-state index contributed by atoms with van der Waals surface area (Å²) < 4.78 is 10.8. The normalized spacial score (nSPS) is 21.1. The van der Waals surface area contributed by atoms with Gasteiger partial charge in [0.25, 0.3) is 5.91 Å². The van der Waals surface area contributed by atoms with Crippen LogP contribution in [0.4, 0.5) is 4.79 Å². The molecule has 0 unspecified atom stereocenters. The standard InChI is InChI=1S/C19H19N3O5/c1-26-15-5-3-2-4-13(15)9-22-14-10-21(11-16(14)27-19(22)25)18(24)12-6-7-17(23)20-8-12/h2-8,14,16H,9-11H2,1H3,(H,20,23)/t14-,16+/m0/s1. The SMILES string of the molecule is COc1ccccc1CN1C(=O)O[C@@H]2CN(C(=O)c3ccc(=O)[nH]c3)C[C@@H]21. The lowest BCUT2D eigenvalue weighted by molar-refractivity contribution is 0.0726. The minimum atomic E-state index is -0.382. The first-order valence-electron chi connectivity index (χ1n) is 8.64. The molecule has 0 bridgehead atoms. The number of hydrogen-bond donors (Lipinski definition) is 1. The van der Waals surface area contributed by atoms with E-state index in [9.17, 15) is 14.4 Å². The molecule has 8 nitrogen and oxygen atoms in total. The smallest absolute Gasteiger partial charge is 0.410 e. The van der Waals surface area contributed by atoms with Crippen molar-refractivity contribution >= 4 is 12.0 Å². The molecule has 1 N–H and O–H groups in total. The predicted octanol–water partition coefficient (Wildman–Crippen LogP) is 1.23. The Labute approximate surface area is 155 Å². The maximum atomic E-state index is 12.7. The van der Waals surface area contributed by atoms with E-state index >= 15 is 0 Å². The van der Waals surface area contributed by atoms with E-state index in [0.717, 1.165) is 5.56 Å². The molecule has 2 aliphatic rings. The third-order valence-electron chi connectivity index (χ3n) is 4.98. The minimum Gasteiger partial charge on any atom is -0.496 e. The third kappa shape index (κ3) is 3.14. The summed E-state index contributed by atoms with van der Waals surface area (Å²) >= 11 is 0. The van der Waals surface area contributed by atoms with E-state index in [1.54, 1.807) is 16.9 Å². The van der Waals surface area contributed by atoms with Gasteiger partial charge in [-0.05, 0) is 12.1 Å². The van der Waals surface area contributed by atoms with Crippen LogP contribution in [-0.2, 0) is 11.3 Å². The van der Waals surface area contributed by atoms with Crippen molar-refractivity contribution in [1.82, 2.24) is 14.8 Å². The lowest BCUT2D eigenvalue weighted by atomic mass is 10.1. The highest BCUT2D eigenvalue weighted by Crippen LogP contribution is 2.31. The lowest BCUT2D eigenvalue weighted by Gasteiger charge is -2.23. The highest BCUT2D eigenvalue weighted by molar-refractivity contribution is 5.94. The molecule has 27 heavy (non-hydrogen) atoms. The Kier molecular flexibility index (Phi) is 4.31. The van der Waals surface area contributed by atoms with E-state index in [1.807, 2.05) is 24.3 Å². The molecule has 2 amide bonds. The highest BCUT2D eigenvalue weighted by Gasteiger charge is 2.49. The molecule has 2 aromatic rings. The zero-order chi connectivity index (χ0) is 19.0. The largest absolute Gasteiger partial charge is 0.496 e. The molecule has 140 valence electrons. The Balaban J connectivity index is 1.50. The number of hydrogen-bond acceptors (Lipinski definition) is 5. The first-order valence-corrected chi connectivity index (χ1v) is 8.64. The molecule has 3 heterocycles. The van der Waals surface area contributed by atoms with Gasteiger partial charge >= 0.3 is 6.09 Å². The number of H-pyrrole nitrogens is 1. The van der Waals surface area contributed by atoms with Gasteiger partial charge in [0.2, 0.25) is 5.56 Å². The van der Waals surface area contributed by atoms with Crippen LogP contribution in [0.5, 0.6) is 5.75 Å². The van der Waals surface area contributed by atoms with E-state index < -0.39 is 0 Å². The van der Waals surface area contributed by atoms with Crippen molar-refractivity contribution in [3.8, 4) is 5.75 Å². The molecular weight excluding hydrogens is 350 g/mol. The number of pyridine rings is 1. The summed E-state index contributed by atoms with van der Waals surface area (Å²) in [5, 5.41) is 0. The number of carbonyl (C=O) groups excluding carboxylic acids is 2. The van der Waals surface area contributed by atoms with Gasteiger partial charge in [0.05, 0.1) is 31.8 Å². The summed E-state index contributed by atoms with van der Waals surface area (Å²) in [6, 6.07) is 10.1. The highest BCUT2D eigenvalue weighted by atomic mass is 16.6. The topological polar surface area (TPSA) is 91.9 Å². The number of nitrogens with zero attached hydrogens (tertiary/aromatic N) is 2. The molecule has 8 heteroatoms. The van der Waals surface area contributed by atoms with Crippen LogP contribution in [-0.4, -0.2) is 59.1 Å². The van der Waals surface area contributed by atoms with Crippen LogP contribution in [0.15, 0.2) is 47.4 Å². The lowest BCUT2D eigenvalue weighted by Crippen LogP contribution is -2.39. The molecule has 0 spiro atoms. The fourth-order valence-electron chi connectivity index (χ4n) is 3.60. The molecule has 2 aliphatic heterocycles. The Morgan fingerprint density at radius 1 is 1.22 bits per heavy atom. The van der Waals surface area contributed by atoms with Crippen LogP contribution in [0.1, 0.15) is 15.9 Å². The zero-order valence-corrected chi connectivity index (χ0v) is 14.8. The average Bonchev–Trinajstić information content (AvgIpc) is 3.21. The van der Waals surface area contributed by atoms with Crippen molar-refractivity contribution in [2.75, 3.05) is 20.2 Å². The van der Waals surface area contributed by atoms with E-state index in [2.05, 4.69) is 4.98 Å². The van der Waals surface area contributed by atoms with Gasteiger partial charge in [0.1, 0.15) is 11.9 Å². The molecule has 4 rings (SSSR count). The van der Waals surface area contributed by atoms with Crippen LogP contribution in [0.2, 0.25) is 0 Å². The van der Waals surface area contributed by atoms with Crippen molar-refractivity contribution in [2.45, 2.75) is 18.7 Å². The number of rotatable bonds is 4. The minimum absolute atomic E-state index is 0.200. The average molecular weight is 369 g/mol. The van der Waals surface area contributed by atoms with Gasteiger partial charge in [-0.1, -0.05) is 18.2 Å². The second kappa shape index (κ2) is 6.79. The fourth-order valence-corrected chi connectivity index (χ4v) is 3.60. The molecule has 0 radical (unpaired) electrons. The van der Waals surface area contributed by atoms with E-state index in [4.69, 9.17) is 9.47 Å². The summed E-state index contributed by atoms with van der Waals surface area (Å²) in [6.45, 7) is 1.06. The summed E-state index contributed by atoms with van der Waals surface area (Å²) in [5.74, 6) is 0.502. The Bertz CT molecular complexity index is 920. The van der Waals surface area contributed by atoms with E-state index in [0.29, 0.717) is 30.9 Å². The number of aromatic amines is 1. The number of amides is 2. The first-order chi connectivity index (χ1) is 13.1. The van der Waals surface area contributed by atoms with Crippen molar-refractivity contribution < 1.29 is 19.1 Å². The first kappa shape index (κ1) is 17.1. The van der Waals surface area contributed by atoms with Gasteiger partial charge in [0, 0.05) is 24.4 Å². The molecule has 0 aliphatic carbocycles. The second-order valence-electron chi connectivity index (χ2n) is 6.58. The maximum Gasteiger partial charge on any atom is 0.410 e. The monoisotopic (exact) mass is 369 g/mol. The van der Waals surface area contributed by atoms with Crippen LogP contribution >= 0.6 is 0 Å². The van der Waals surface area contributed by atoms with Gasteiger partial charge < -0.3 is 19.4 Å². The molecule has 2 fully saturated rings. The molecule has 0 saturated carbocycles. The van der Waals surface area contributed by atoms with Gasteiger partial charge in [0.15, 0.2) is 0 Å². The van der Waals surface area contributed by atoms with E-state index in [-0.39, 0.29) is 29.7 Å². The molecular formula is C19H19N3O5. The van der Waals surface area contributed by atoms with Gasteiger partial charge in [-0.3, -0.25) is 14.5 Å². The van der Waals surface area contributed by atoms with Gasteiger partial charge in [-0.2, -0.15) is 0 Å². The van der Waals surface area contributed by atoms with Crippen LogP contribution < -0.4 is 10.3 Å². The zero-order valence-electron chi connectivity index (χ0n) is 14.8. The number of benzene rings is 1. The third-order valence-corrected chi connectivity index (χ3v) is 4.98. The molecule has 2 saturated heterocycles. The van der Waals surface area contributed by atoms with Crippen LogP contribution in [0, 0.1) is 0 Å². The van der Waals surface area contributed by atoms with Crippen LogP contribution in [0.25, 0.3) is 0 Å². The number of fused-ring (bicyclic) bond motifs is 1. The van der Waals surface area contributed by atoms with E-state index in [1.165, 1.54) is 18.3 Å². The number of carbonyl (C=O) groups is 2. The van der Waals surface area contributed by atoms with Crippen molar-refractivity contribution in [3.05, 3.63) is 64.1 Å². The van der Waals surface area contributed by atoms with Crippen molar-refractivity contribution in [1.29, 1.82) is 0 Å². The summed E-state index contributed by atoms with van der Waals surface area (Å²) in [4.78, 5) is 41.9. The Morgan fingerprint density at radius 2 is 2.04 bits per heavy atom. The number of aromatic nitrogens is 1. The second-order valence-corrected chi connectivity index (χ2v) is 6.58. The van der Waals surface area contributed by atoms with Crippen molar-refractivity contribution in [3.63, 3.8) is 0 Å². The Hall–Kier alpha value is -3.29. The van der Waals surface area contributed by atoms with Gasteiger partial charge in [-0.15, -0.1) is 0 Å².